The van der Waals surface area contributed by atoms with Crippen molar-refractivity contribution < 1.29 is 0 Å². The maximum atomic E-state index is 4.83. The second kappa shape index (κ2) is 8.37. The number of aromatic nitrogens is 8. The van der Waals surface area contributed by atoms with E-state index in [1.807, 2.05) is 85.2 Å². The first-order chi connectivity index (χ1) is 18.8. The van der Waals surface area contributed by atoms with Gasteiger partial charge in [0.05, 0.1) is 22.1 Å². The Morgan fingerprint density at radius 3 is 1.39 bits per heavy atom. The molecule has 0 saturated carbocycles. The van der Waals surface area contributed by atoms with Crippen LogP contribution in [0.15, 0.2) is 85.2 Å². The third kappa shape index (κ3) is 3.58. The van der Waals surface area contributed by atoms with Gasteiger partial charge in [-0.3, -0.25) is 9.97 Å². The number of benzene rings is 2. The molecule has 6 aromatic heterocycles. The van der Waals surface area contributed by atoms with Crippen LogP contribution in [0.2, 0.25) is 0 Å². The lowest BCUT2D eigenvalue weighted by Gasteiger charge is -1.99. The van der Waals surface area contributed by atoms with Crippen molar-refractivity contribution in [1.29, 1.82) is 0 Å². The summed E-state index contributed by atoms with van der Waals surface area (Å²) in [7, 11) is 0. The average molecular weight is 529 g/mol. The molecule has 0 aliphatic rings. The molecule has 2 aromatic carbocycles. The van der Waals surface area contributed by atoms with Crippen LogP contribution in [0.5, 0.6) is 0 Å². The number of fused-ring (bicyclic) bond motifs is 3. The van der Waals surface area contributed by atoms with Gasteiger partial charge in [-0.1, -0.05) is 46.9 Å². The summed E-state index contributed by atoms with van der Waals surface area (Å²) < 4.78 is 0. The predicted molar refractivity (Wildman–Crippen MR) is 152 cm³/mol. The number of thiazole rings is 2. The SMILES string of the molecule is c1ccc2[nH]c(-c3ccc(-c4nc5sc(-c6ccc(-c7nc8ccccc8[nH]7)nc6)nc5s4)cn3)nc2c1. The topological polar surface area (TPSA) is 109 Å². The summed E-state index contributed by atoms with van der Waals surface area (Å²) in [5.74, 6) is 1.51. The highest BCUT2D eigenvalue weighted by Crippen LogP contribution is 2.37. The highest BCUT2D eigenvalue weighted by Gasteiger charge is 2.15. The summed E-state index contributed by atoms with van der Waals surface area (Å²) in [6.45, 7) is 0. The van der Waals surface area contributed by atoms with Gasteiger partial charge in [-0.15, -0.1) is 0 Å². The Kier molecular flexibility index (Phi) is 4.69. The fourth-order valence-electron chi connectivity index (χ4n) is 4.36. The van der Waals surface area contributed by atoms with Crippen molar-refractivity contribution in [3.63, 3.8) is 0 Å². The van der Waals surface area contributed by atoms with Gasteiger partial charge in [0.2, 0.25) is 0 Å². The third-order valence-electron chi connectivity index (χ3n) is 6.26. The fourth-order valence-corrected chi connectivity index (χ4v) is 6.38. The van der Waals surface area contributed by atoms with Crippen LogP contribution in [0.3, 0.4) is 0 Å². The van der Waals surface area contributed by atoms with Crippen molar-refractivity contribution >= 4 is 54.4 Å². The summed E-state index contributed by atoms with van der Waals surface area (Å²) >= 11 is 3.13. The molecule has 0 fully saturated rings. The lowest BCUT2D eigenvalue weighted by molar-refractivity contribution is 1.24. The first-order valence-corrected chi connectivity index (χ1v) is 13.5. The second-order valence-electron chi connectivity index (χ2n) is 8.72. The van der Waals surface area contributed by atoms with Crippen molar-refractivity contribution in [2.75, 3.05) is 0 Å². The molecule has 0 aliphatic carbocycles. The normalized spacial score (nSPS) is 11.7. The van der Waals surface area contributed by atoms with Crippen LogP contribution in [-0.2, 0) is 0 Å². The Balaban J connectivity index is 1.05. The molecule has 0 atom stereocenters. The van der Waals surface area contributed by atoms with Gasteiger partial charge < -0.3 is 9.97 Å². The van der Waals surface area contributed by atoms with Crippen LogP contribution in [0.1, 0.15) is 0 Å². The number of nitrogens with zero attached hydrogens (tertiary/aromatic N) is 6. The summed E-state index contributed by atoms with van der Waals surface area (Å²) in [6, 6.07) is 23.9. The maximum absolute atomic E-state index is 4.83. The van der Waals surface area contributed by atoms with Gasteiger partial charge in [-0.2, -0.15) is 0 Å². The number of hydrogen-bond acceptors (Lipinski definition) is 8. The number of pyridine rings is 2. The molecule has 0 bridgehead atoms. The molecule has 8 aromatic rings. The van der Waals surface area contributed by atoms with Gasteiger partial charge >= 0.3 is 0 Å². The highest BCUT2D eigenvalue weighted by atomic mass is 32.1. The van der Waals surface area contributed by atoms with Crippen LogP contribution in [0.25, 0.3) is 75.9 Å². The van der Waals surface area contributed by atoms with E-state index < -0.39 is 0 Å². The number of rotatable bonds is 4. The van der Waals surface area contributed by atoms with Gasteiger partial charge in [-0.25, -0.2) is 19.9 Å². The zero-order valence-corrected chi connectivity index (χ0v) is 21.2. The van der Waals surface area contributed by atoms with Crippen molar-refractivity contribution in [2.24, 2.45) is 0 Å². The van der Waals surface area contributed by atoms with Crippen LogP contribution in [0, 0.1) is 0 Å². The molecule has 10 heteroatoms. The van der Waals surface area contributed by atoms with Gasteiger partial charge in [0.1, 0.15) is 21.4 Å². The van der Waals surface area contributed by atoms with Crippen LogP contribution < -0.4 is 0 Å². The monoisotopic (exact) mass is 528 g/mol. The molecule has 6 heterocycles. The molecule has 38 heavy (non-hydrogen) atoms. The first-order valence-electron chi connectivity index (χ1n) is 11.9. The van der Waals surface area contributed by atoms with Crippen LogP contribution in [-0.4, -0.2) is 39.9 Å². The molecule has 0 spiro atoms. The number of imidazole rings is 2. The molecule has 0 aliphatic heterocycles. The fraction of sp³-hybridized carbons (Fsp3) is 0. The second-order valence-corrected chi connectivity index (χ2v) is 10.7. The maximum Gasteiger partial charge on any atom is 0.157 e. The molecule has 0 radical (unpaired) electrons. The number of nitrogens with one attached hydrogen (secondary N) is 2. The van der Waals surface area contributed by atoms with E-state index in [2.05, 4.69) is 29.9 Å². The Labute approximate surface area is 223 Å². The molecule has 180 valence electrons. The largest absolute Gasteiger partial charge is 0.337 e. The minimum Gasteiger partial charge on any atom is -0.337 e. The molecule has 0 saturated heterocycles. The van der Waals surface area contributed by atoms with E-state index in [-0.39, 0.29) is 0 Å². The lowest BCUT2D eigenvalue weighted by atomic mass is 10.2. The summed E-state index contributed by atoms with van der Waals surface area (Å²) in [5.41, 5.74) is 7.34. The number of aromatic amines is 2. The molecule has 8 rings (SSSR count). The van der Waals surface area contributed by atoms with Crippen molar-refractivity contribution in [3.8, 4) is 44.2 Å². The molecular formula is C28H16N8S2. The quantitative estimate of drug-likeness (QED) is 0.255. The minimum absolute atomic E-state index is 0.754. The van der Waals surface area contributed by atoms with Crippen LogP contribution in [0.4, 0.5) is 0 Å². The Hall–Kier alpha value is -4.80. The molecular weight excluding hydrogens is 512 g/mol. The first kappa shape index (κ1) is 21.3. The van der Waals surface area contributed by atoms with Crippen molar-refractivity contribution in [3.05, 3.63) is 85.2 Å². The Morgan fingerprint density at radius 2 is 0.974 bits per heavy atom. The number of H-pyrrole nitrogens is 2. The van der Waals surface area contributed by atoms with Crippen molar-refractivity contribution in [2.45, 2.75) is 0 Å². The molecule has 8 nitrogen and oxygen atoms in total. The zero-order valence-electron chi connectivity index (χ0n) is 19.6. The van der Waals surface area contributed by atoms with Crippen LogP contribution >= 0.6 is 22.7 Å². The summed E-state index contributed by atoms with van der Waals surface area (Å²) in [4.78, 5) is 36.6. The lowest BCUT2D eigenvalue weighted by Crippen LogP contribution is -1.86. The van der Waals surface area contributed by atoms with Crippen molar-refractivity contribution in [1.82, 2.24) is 39.9 Å². The molecule has 0 amide bonds. The van der Waals surface area contributed by atoms with E-state index in [0.29, 0.717) is 0 Å². The van der Waals surface area contributed by atoms with Gasteiger partial charge in [0.25, 0.3) is 0 Å². The van der Waals surface area contributed by atoms with E-state index in [0.717, 1.165) is 75.9 Å². The van der Waals surface area contributed by atoms with Gasteiger partial charge in [-0.05, 0) is 48.5 Å². The third-order valence-corrected chi connectivity index (χ3v) is 8.39. The molecule has 0 unspecified atom stereocenters. The van der Waals surface area contributed by atoms with E-state index in [4.69, 9.17) is 9.97 Å². The smallest absolute Gasteiger partial charge is 0.157 e. The van der Waals surface area contributed by atoms with Gasteiger partial charge in [0, 0.05) is 23.5 Å². The van der Waals surface area contributed by atoms with Gasteiger partial charge in [0.15, 0.2) is 21.3 Å². The zero-order chi connectivity index (χ0) is 25.1. The van der Waals surface area contributed by atoms with E-state index >= 15 is 0 Å². The highest BCUT2D eigenvalue weighted by molar-refractivity contribution is 7.29. The van der Waals surface area contributed by atoms with E-state index in [1.165, 1.54) is 0 Å². The predicted octanol–water partition coefficient (Wildman–Crippen LogP) is 6.96. The number of hydrogen-bond donors (Lipinski definition) is 2. The van der Waals surface area contributed by atoms with E-state index in [9.17, 15) is 0 Å². The Morgan fingerprint density at radius 1 is 0.500 bits per heavy atom. The standard InChI is InChI=1S/C28H16N8S2/c1-2-6-18-17(5-1)31-23(32-18)21-11-9-15(13-29-21)25-35-27-28(37-25)36-26(38-27)16-10-12-22(30-14-16)24-33-19-7-3-4-8-20(19)34-24/h1-14H,(H,31,32)(H,33,34). The molecule has 2 N–H and O–H groups in total. The number of para-hydroxylation sites is 4. The minimum atomic E-state index is 0.754. The summed E-state index contributed by atoms with van der Waals surface area (Å²) in [5, 5.41) is 1.79. The van der Waals surface area contributed by atoms with E-state index in [1.54, 1.807) is 22.7 Å². The average Bonchev–Trinajstić information content (AvgIpc) is 3.74. The summed E-state index contributed by atoms with van der Waals surface area (Å²) in [6.07, 6.45) is 3.68. The Bertz CT molecular complexity index is 1840.